The lowest BCUT2D eigenvalue weighted by Crippen LogP contribution is -2.27. The number of rotatable bonds is 25. The van der Waals surface area contributed by atoms with Crippen molar-refractivity contribution in [3.63, 3.8) is 0 Å². The number of carbonyl (C=O) groups excluding carboxylic acids is 1. The van der Waals surface area contributed by atoms with Crippen LogP contribution in [0.1, 0.15) is 138 Å². The number of hydrogen-bond donors (Lipinski definition) is 4. The van der Waals surface area contributed by atoms with Crippen LogP contribution in [0.3, 0.4) is 0 Å². The number of esters is 1. The van der Waals surface area contributed by atoms with E-state index in [-0.39, 0.29) is 6.61 Å². The predicted octanol–water partition coefficient (Wildman–Crippen LogP) is 5.06. The molecule has 0 heterocycles. The Morgan fingerprint density at radius 3 is 1.47 bits per heavy atom. The van der Waals surface area contributed by atoms with Crippen LogP contribution in [-0.4, -0.2) is 78.6 Å². The normalized spacial score (nSPS) is 12.1. The number of aliphatic hydroxyl groups is 1. The van der Waals surface area contributed by atoms with Crippen LogP contribution in [0.15, 0.2) is 12.1 Å². The zero-order chi connectivity index (χ0) is 32.3. The van der Waals surface area contributed by atoms with E-state index in [0.29, 0.717) is 18.6 Å². The Kier molecular flexibility index (Phi) is 18.3. The Morgan fingerprint density at radius 1 is 0.628 bits per heavy atom. The molecule has 43 heavy (non-hydrogen) atoms. The first-order chi connectivity index (χ1) is 20.4. The lowest BCUT2D eigenvalue weighted by Gasteiger charge is -2.13. The quantitative estimate of drug-likeness (QED) is 0.0821. The van der Waals surface area contributed by atoms with Gasteiger partial charge in [-0.15, -0.1) is 0 Å². The lowest BCUT2D eigenvalue weighted by molar-refractivity contribution is 0.0114. The Hall–Kier alpha value is -3.07. The van der Waals surface area contributed by atoms with Crippen LogP contribution in [-0.2, 0) is 23.5 Å². The molecule has 244 valence electrons. The van der Waals surface area contributed by atoms with E-state index < -0.39 is 75.8 Å². The first-order valence-electron chi connectivity index (χ1n) is 14.7. The summed E-state index contributed by atoms with van der Waals surface area (Å²) in [6.07, 6.45) is 14.4. The summed E-state index contributed by atoms with van der Waals surface area (Å²) in [7, 11) is -4.43. The minimum absolute atomic E-state index is 0.0956. The van der Waals surface area contributed by atoms with Gasteiger partial charge in [0, 0.05) is 0 Å². The van der Waals surface area contributed by atoms with Gasteiger partial charge in [0.25, 0.3) is 0 Å². The molecule has 1 aromatic rings. The number of carbonyl (C=O) groups is 4. The molecule has 0 aliphatic carbocycles. The van der Waals surface area contributed by atoms with Crippen molar-refractivity contribution in [1.82, 2.24) is 0 Å². The number of benzene rings is 1. The fraction of sp³-hybridized carbons (Fsp3) is 0.655. The second kappa shape index (κ2) is 20.8. The molecule has 14 heteroatoms. The monoisotopic (exact) mass is 632 g/mol. The molecule has 1 aromatic carbocycles. The Labute approximate surface area is 252 Å². The molecule has 0 spiro atoms. The van der Waals surface area contributed by atoms with Gasteiger partial charge in [-0.2, -0.15) is 8.42 Å². The van der Waals surface area contributed by atoms with Crippen molar-refractivity contribution in [2.24, 2.45) is 0 Å². The number of hydrogen-bond acceptors (Lipinski definition) is 10. The summed E-state index contributed by atoms with van der Waals surface area (Å²) in [4.78, 5) is 46.5. The van der Waals surface area contributed by atoms with E-state index in [1.165, 1.54) is 57.8 Å². The molecular weight excluding hydrogens is 588 g/mol. The maximum atomic E-state index is 12.4. The topological polar surface area (TPSA) is 211 Å². The van der Waals surface area contributed by atoms with E-state index in [9.17, 15) is 42.9 Å². The molecule has 1 atom stereocenters. The van der Waals surface area contributed by atoms with Gasteiger partial charge in [-0.25, -0.2) is 27.5 Å². The summed E-state index contributed by atoms with van der Waals surface area (Å²) in [5.74, 6) is -6.55. The number of carboxylic acid groups (broad SMARTS) is 3. The minimum Gasteiger partial charge on any atom is -0.478 e. The van der Waals surface area contributed by atoms with E-state index in [1.54, 1.807) is 0 Å². The van der Waals surface area contributed by atoms with Crippen LogP contribution in [0.5, 0.6) is 0 Å². The average molecular weight is 633 g/mol. The Bertz CT molecular complexity index is 1150. The highest BCUT2D eigenvalue weighted by Gasteiger charge is 2.27. The van der Waals surface area contributed by atoms with Gasteiger partial charge >= 0.3 is 34.3 Å². The van der Waals surface area contributed by atoms with E-state index in [1.807, 2.05) is 0 Å². The third-order valence-corrected chi connectivity index (χ3v) is 7.49. The van der Waals surface area contributed by atoms with Gasteiger partial charge < -0.3 is 25.2 Å². The fourth-order valence-corrected chi connectivity index (χ4v) is 4.96. The van der Waals surface area contributed by atoms with E-state index in [0.717, 1.165) is 25.7 Å². The van der Waals surface area contributed by atoms with Crippen LogP contribution < -0.4 is 0 Å². The second-order valence-corrected chi connectivity index (χ2v) is 11.5. The number of unbranched alkanes of at least 4 members (excludes halogenated alkanes) is 13. The maximum absolute atomic E-state index is 12.4. The molecule has 0 saturated carbocycles. The Balaban J connectivity index is 2.31. The maximum Gasteiger partial charge on any atom is 0.399 e. The van der Waals surface area contributed by atoms with Crippen LogP contribution in [0.4, 0.5) is 0 Å². The smallest absolute Gasteiger partial charge is 0.399 e. The summed E-state index contributed by atoms with van der Waals surface area (Å²) in [5, 5.41) is 37.6. The highest BCUT2D eigenvalue weighted by Crippen LogP contribution is 2.20. The summed E-state index contributed by atoms with van der Waals surface area (Å²) in [5.41, 5.74) is -3.31. The number of ether oxygens (including phenoxy) is 1. The largest absolute Gasteiger partial charge is 0.478 e. The van der Waals surface area contributed by atoms with Crippen LogP contribution >= 0.6 is 0 Å². The van der Waals surface area contributed by atoms with E-state index in [4.69, 9.17) is 14.0 Å². The summed E-state index contributed by atoms with van der Waals surface area (Å²) >= 11 is 0. The van der Waals surface area contributed by atoms with Crippen LogP contribution in [0.2, 0.25) is 0 Å². The molecule has 4 N–H and O–H groups in total. The highest BCUT2D eigenvalue weighted by atomic mass is 32.3. The Morgan fingerprint density at radius 2 is 1.02 bits per heavy atom. The van der Waals surface area contributed by atoms with Crippen molar-refractivity contribution < 1.29 is 61.1 Å². The van der Waals surface area contributed by atoms with Crippen molar-refractivity contribution in [1.29, 1.82) is 0 Å². The van der Waals surface area contributed by atoms with Gasteiger partial charge in [0.2, 0.25) is 0 Å². The molecule has 0 fully saturated rings. The first-order valence-corrected chi connectivity index (χ1v) is 16.0. The summed E-state index contributed by atoms with van der Waals surface area (Å²) < 4.78 is 37.9. The summed E-state index contributed by atoms with van der Waals surface area (Å²) in [6.45, 7) is 0.446. The molecule has 0 radical (unpaired) electrons. The number of carboxylic acids is 3. The molecular formula is C29H44O13S. The van der Waals surface area contributed by atoms with Crippen molar-refractivity contribution >= 4 is 34.3 Å². The third-order valence-electron chi connectivity index (χ3n) is 6.61. The van der Waals surface area contributed by atoms with Crippen molar-refractivity contribution in [3.8, 4) is 0 Å². The molecule has 0 aliphatic heterocycles. The number of aromatic carboxylic acids is 3. The molecule has 0 bridgehead atoms. The molecule has 0 aliphatic rings. The second-order valence-electron chi connectivity index (χ2n) is 10.2. The van der Waals surface area contributed by atoms with E-state index >= 15 is 0 Å². The van der Waals surface area contributed by atoms with Gasteiger partial charge in [0.15, 0.2) is 0 Å². The summed E-state index contributed by atoms with van der Waals surface area (Å²) in [6, 6.07) is 1.04. The average Bonchev–Trinajstić information content (AvgIpc) is 2.95. The lowest BCUT2D eigenvalue weighted by atomic mass is 9.98. The molecule has 0 aromatic heterocycles. The standard InChI is InChI=1S/C29H44O13S/c1-2-3-4-5-6-7-8-9-10-11-12-13-14-15-16-41-43(38,39)42-20-21(30)19-40-29(37)25-18-23(27(33)34)22(26(31)32)17-24(25)28(35)36/h17-18,21,30H,2-16,19-20H2,1H3,(H,31,32)(H,33,34)(H,35,36). The van der Waals surface area contributed by atoms with Crippen molar-refractivity contribution in [3.05, 3.63) is 34.4 Å². The molecule has 13 nitrogen and oxygen atoms in total. The zero-order valence-corrected chi connectivity index (χ0v) is 25.4. The van der Waals surface area contributed by atoms with Gasteiger partial charge in [-0.05, 0) is 18.6 Å². The van der Waals surface area contributed by atoms with E-state index in [2.05, 4.69) is 11.1 Å². The van der Waals surface area contributed by atoms with Crippen molar-refractivity contribution in [2.75, 3.05) is 19.8 Å². The van der Waals surface area contributed by atoms with Gasteiger partial charge in [0.05, 0.1) is 35.5 Å². The predicted molar refractivity (Wildman–Crippen MR) is 155 cm³/mol. The van der Waals surface area contributed by atoms with Gasteiger partial charge in [0.1, 0.15) is 12.7 Å². The van der Waals surface area contributed by atoms with Gasteiger partial charge in [-0.1, -0.05) is 90.4 Å². The van der Waals surface area contributed by atoms with Crippen LogP contribution in [0, 0.1) is 0 Å². The molecule has 1 unspecified atom stereocenters. The zero-order valence-electron chi connectivity index (χ0n) is 24.6. The van der Waals surface area contributed by atoms with Crippen LogP contribution in [0.25, 0.3) is 0 Å². The first kappa shape index (κ1) is 38.0. The van der Waals surface area contributed by atoms with Crippen molar-refractivity contribution in [2.45, 2.75) is 103 Å². The highest BCUT2D eigenvalue weighted by molar-refractivity contribution is 7.81. The van der Waals surface area contributed by atoms with Gasteiger partial charge in [-0.3, -0.25) is 0 Å². The molecule has 1 rings (SSSR count). The number of aliphatic hydroxyl groups excluding tert-OH is 1. The SMILES string of the molecule is CCCCCCCCCCCCCCCCOS(=O)(=O)OCC(O)COC(=O)c1cc(C(=O)O)c(C(=O)O)cc1C(=O)O. The molecule has 0 saturated heterocycles. The fourth-order valence-electron chi connectivity index (χ4n) is 4.25. The minimum atomic E-state index is -4.43. The third kappa shape index (κ3) is 15.8. The molecule has 0 amide bonds.